The molecule has 1 aliphatic carbocycles. The molecular formula is C34H37NO7. The minimum Gasteiger partial charge on any atom is -0.461 e. The maximum Gasteiger partial charge on any atom is 0.408 e. The first kappa shape index (κ1) is 30.5. The van der Waals surface area contributed by atoms with Gasteiger partial charge in [-0.2, -0.15) is 0 Å². The van der Waals surface area contributed by atoms with Crippen molar-refractivity contribution >= 4 is 23.8 Å². The summed E-state index contributed by atoms with van der Waals surface area (Å²) in [5.41, 5.74) is 3.27. The molecule has 1 fully saturated rings. The van der Waals surface area contributed by atoms with E-state index < -0.39 is 30.7 Å². The fourth-order valence-corrected chi connectivity index (χ4v) is 4.93. The van der Waals surface area contributed by atoms with E-state index in [1.165, 1.54) is 24.8 Å². The SMILES string of the molecule is O=C(CC[C@H](NC(=O)OCc1ccccc1)C(=O)OCC(=O)c1ccc(C2CCCCC2)cc1)OCc1ccccc1. The summed E-state index contributed by atoms with van der Waals surface area (Å²) >= 11 is 0. The zero-order valence-electron chi connectivity index (χ0n) is 23.7. The highest BCUT2D eigenvalue weighted by Crippen LogP contribution is 2.32. The molecule has 1 atom stereocenters. The number of carbonyl (C=O) groups excluding carboxylic acids is 4. The molecule has 1 saturated carbocycles. The molecule has 220 valence electrons. The molecular weight excluding hydrogens is 534 g/mol. The fraction of sp³-hybridized carbons (Fsp3) is 0.353. The lowest BCUT2D eigenvalue weighted by Crippen LogP contribution is -2.43. The molecule has 42 heavy (non-hydrogen) atoms. The summed E-state index contributed by atoms with van der Waals surface area (Å²) in [5.74, 6) is -1.21. The van der Waals surface area contributed by atoms with Crippen LogP contribution < -0.4 is 5.32 Å². The largest absolute Gasteiger partial charge is 0.461 e. The second kappa shape index (κ2) is 16.1. The minimum absolute atomic E-state index is 0.00287. The van der Waals surface area contributed by atoms with Crippen molar-refractivity contribution in [1.82, 2.24) is 5.32 Å². The zero-order valence-corrected chi connectivity index (χ0v) is 23.7. The number of ether oxygens (including phenoxy) is 3. The summed E-state index contributed by atoms with van der Waals surface area (Å²) in [4.78, 5) is 50.6. The number of nitrogens with one attached hydrogen (secondary N) is 1. The number of benzene rings is 3. The molecule has 3 aromatic rings. The van der Waals surface area contributed by atoms with Crippen molar-refractivity contribution in [2.24, 2.45) is 0 Å². The van der Waals surface area contributed by atoms with Crippen LogP contribution in [-0.2, 0) is 37.0 Å². The Labute approximate surface area is 246 Å². The maximum absolute atomic E-state index is 12.9. The van der Waals surface area contributed by atoms with Crippen molar-refractivity contribution in [3.8, 4) is 0 Å². The molecule has 0 aromatic heterocycles. The molecule has 0 bridgehead atoms. The van der Waals surface area contributed by atoms with Gasteiger partial charge in [-0.1, -0.05) is 104 Å². The Morgan fingerprint density at radius 2 is 1.31 bits per heavy atom. The highest BCUT2D eigenvalue weighted by Gasteiger charge is 2.25. The molecule has 1 N–H and O–H groups in total. The highest BCUT2D eigenvalue weighted by atomic mass is 16.6. The Morgan fingerprint density at radius 3 is 1.93 bits per heavy atom. The van der Waals surface area contributed by atoms with Gasteiger partial charge in [-0.25, -0.2) is 9.59 Å². The number of rotatable bonds is 13. The van der Waals surface area contributed by atoms with E-state index in [1.54, 1.807) is 24.3 Å². The second-order valence-electron chi connectivity index (χ2n) is 10.4. The number of alkyl carbamates (subject to hydrolysis) is 1. The van der Waals surface area contributed by atoms with Crippen LogP contribution in [0, 0.1) is 0 Å². The Hall–Kier alpha value is -4.46. The molecule has 8 heteroatoms. The van der Waals surface area contributed by atoms with Gasteiger partial charge in [0.15, 0.2) is 12.4 Å². The first-order valence-electron chi connectivity index (χ1n) is 14.4. The fourth-order valence-electron chi connectivity index (χ4n) is 4.93. The van der Waals surface area contributed by atoms with Crippen molar-refractivity contribution in [1.29, 1.82) is 0 Å². The lowest BCUT2D eigenvalue weighted by atomic mass is 9.84. The molecule has 3 aromatic carbocycles. The number of Topliss-reactive ketones (excluding diaryl/α,β-unsaturated/α-hetero) is 1. The number of hydrogen-bond donors (Lipinski definition) is 1. The van der Waals surface area contributed by atoms with Crippen LogP contribution in [0.15, 0.2) is 84.9 Å². The molecule has 0 heterocycles. The lowest BCUT2D eigenvalue weighted by Gasteiger charge is -2.22. The Morgan fingerprint density at radius 1 is 0.714 bits per heavy atom. The third-order valence-corrected chi connectivity index (χ3v) is 7.32. The zero-order chi connectivity index (χ0) is 29.6. The molecule has 0 unspecified atom stereocenters. The highest BCUT2D eigenvalue weighted by molar-refractivity contribution is 5.98. The first-order chi connectivity index (χ1) is 20.5. The van der Waals surface area contributed by atoms with Gasteiger partial charge in [0, 0.05) is 12.0 Å². The maximum atomic E-state index is 12.9. The molecule has 8 nitrogen and oxygen atoms in total. The van der Waals surface area contributed by atoms with Crippen LogP contribution in [-0.4, -0.2) is 36.5 Å². The van der Waals surface area contributed by atoms with Crippen molar-refractivity contribution in [2.75, 3.05) is 6.61 Å². The van der Waals surface area contributed by atoms with Crippen LogP contribution in [0.4, 0.5) is 4.79 Å². The molecule has 0 saturated heterocycles. The van der Waals surface area contributed by atoms with Crippen molar-refractivity contribution in [2.45, 2.75) is 70.1 Å². The number of esters is 2. The van der Waals surface area contributed by atoms with Crippen LogP contribution in [0.3, 0.4) is 0 Å². The summed E-state index contributed by atoms with van der Waals surface area (Å²) in [6, 6.07) is 24.5. The third kappa shape index (κ3) is 9.87. The van der Waals surface area contributed by atoms with Crippen molar-refractivity contribution < 1.29 is 33.4 Å². The summed E-state index contributed by atoms with van der Waals surface area (Å²) in [6.45, 7) is -0.393. The molecule has 0 aliphatic heterocycles. The standard InChI is InChI=1S/C34H37NO7/c36-31(29-18-16-28(17-19-29)27-14-8-3-9-15-27)24-41-33(38)30(35-34(39)42-23-26-12-6-2-7-13-26)20-21-32(37)40-22-25-10-4-1-5-11-25/h1-2,4-7,10-13,16-19,27,30H,3,8-9,14-15,20-24H2,(H,35,39)/t30-/m0/s1. The summed E-state index contributed by atoms with van der Waals surface area (Å²) in [5, 5.41) is 2.47. The molecule has 1 aliphatic rings. The summed E-state index contributed by atoms with van der Waals surface area (Å²) in [7, 11) is 0. The average Bonchev–Trinajstić information content (AvgIpc) is 3.05. The average molecular weight is 572 g/mol. The van der Waals surface area contributed by atoms with Gasteiger partial charge >= 0.3 is 18.0 Å². The van der Waals surface area contributed by atoms with Crippen LogP contribution in [0.1, 0.15) is 77.9 Å². The van der Waals surface area contributed by atoms with E-state index in [1.807, 2.05) is 60.7 Å². The number of amides is 1. The predicted molar refractivity (Wildman–Crippen MR) is 157 cm³/mol. The minimum atomic E-state index is -1.21. The smallest absolute Gasteiger partial charge is 0.408 e. The summed E-state index contributed by atoms with van der Waals surface area (Å²) < 4.78 is 15.8. The van der Waals surface area contributed by atoms with Crippen LogP contribution >= 0.6 is 0 Å². The molecule has 4 rings (SSSR count). The van der Waals surface area contributed by atoms with Gasteiger partial charge in [0.2, 0.25) is 0 Å². The molecule has 0 spiro atoms. The second-order valence-corrected chi connectivity index (χ2v) is 10.4. The van der Waals surface area contributed by atoms with E-state index in [4.69, 9.17) is 14.2 Å². The van der Waals surface area contributed by atoms with Gasteiger partial charge in [-0.05, 0) is 41.9 Å². The van der Waals surface area contributed by atoms with Crippen LogP contribution in [0.25, 0.3) is 0 Å². The Bertz CT molecular complexity index is 1300. The van der Waals surface area contributed by atoms with Gasteiger partial charge < -0.3 is 19.5 Å². The van der Waals surface area contributed by atoms with Gasteiger partial charge in [0.25, 0.3) is 0 Å². The van der Waals surface area contributed by atoms with E-state index in [9.17, 15) is 19.2 Å². The van der Waals surface area contributed by atoms with Gasteiger partial charge in [-0.3, -0.25) is 9.59 Å². The topological polar surface area (TPSA) is 108 Å². The van der Waals surface area contributed by atoms with Crippen LogP contribution in [0.2, 0.25) is 0 Å². The molecule has 1 amide bonds. The van der Waals surface area contributed by atoms with E-state index in [0.29, 0.717) is 11.5 Å². The van der Waals surface area contributed by atoms with Gasteiger partial charge in [-0.15, -0.1) is 0 Å². The predicted octanol–water partition coefficient (Wildman–Crippen LogP) is 6.28. The van der Waals surface area contributed by atoms with Gasteiger partial charge in [0.1, 0.15) is 19.3 Å². The first-order valence-corrected chi connectivity index (χ1v) is 14.4. The van der Waals surface area contributed by atoms with Gasteiger partial charge in [0.05, 0.1) is 0 Å². The van der Waals surface area contributed by atoms with E-state index >= 15 is 0 Å². The van der Waals surface area contributed by atoms with E-state index in [2.05, 4.69) is 5.32 Å². The molecule has 0 radical (unpaired) electrons. The van der Waals surface area contributed by atoms with E-state index in [0.717, 1.165) is 24.0 Å². The number of ketones is 1. The van der Waals surface area contributed by atoms with E-state index in [-0.39, 0.29) is 31.8 Å². The normalized spacial score (nSPS) is 13.9. The lowest BCUT2D eigenvalue weighted by molar-refractivity contribution is -0.147. The quantitative estimate of drug-likeness (QED) is 0.146. The monoisotopic (exact) mass is 571 g/mol. The number of hydrogen-bond acceptors (Lipinski definition) is 7. The van der Waals surface area contributed by atoms with Crippen LogP contribution in [0.5, 0.6) is 0 Å². The van der Waals surface area contributed by atoms with Crippen molar-refractivity contribution in [3.63, 3.8) is 0 Å². The number of carbonyl (C=O) groups is 4. The Kier molecular flexibility index (Phi) is 11.7. The van der Waals surface area contributed by atoms with Crippen molar-refractivity contribution in [3.05, 3.63) is 107 Å². The third-order valence-electron chi connectivity index (χ3n) is 7.32. The Balaban J connectivity index is 1.30. The summed E-state index contributed by atoms with van der Waals surface area (Å²) in [6.07, 6.45) is 4.96.